The number of nitrogens with two attached hydrogens (primary N) is 1. The first-order valence-electron chi connectivity index (χ1n) is 3.83. The summed E-state index contributed by atoms with van der Waals surface area (Å²) in [6.45, 7) is 4.46. The van der Waals surface area contributed by atoms with Crippen molar-refractivity contribution in [3.05, 3.63) is 6.42 Å². The minimum Gasteiger partial charge on any atom is -0.481 e. The van der Waals surface area contributed by atoms with Gasteiger partial charge in [-0.2, -0.15) is 0 Å². The van der Waals surface area contributed by atoms with E-state index in [0.29, 0.717) is 12.5 Å². The topological polar surface area (TPSA) is 63.3 Å². The molecule has 0 aromatic carbocycles. The van der Waals surface area contributed by atoms with Gasteiger partial charge in [0.25, 0.3) is 0 Å². The smallest absolute Gasteiger partial charge is 0.303 e. The molecular formula is C8H16NO2. The molecular weight excluding hydrogens is 142 g/mol. The van der Waals surface area contributed by atoms with E-state index in [0.717, 1.165) is 0 Å². The minimum atomic E-state index is -0.752. The summed E-state index contributed by atoms with van der Waals surface area (Å²) in [7, 11) is 0. The first kappa shape index (κ1) is 10.4. The zero-order valence-corrected chi connectivity index (χ0v) is 7.08. The van der Waals surface area contributed by atoms with E-state index >= 15 is 0 Å². The Labute approximate surface area is 67.6 Å². The fraction of sp³-hybridized carbons (Fsp3) is 0.750. The van der Waals surface area contributed by atoms with Crippen molar-refractivity contribution in [2.75, 3.05) is 6.54 Å². The minimum absolute atomic E-state index is 0.117. The molecule has 3 N–H and O–H groups in total. The predicted octanol–water partition coefficient (Wildman–Crippen LogP) is 0.896. The second kappa shape index (κ2) is 5.13. The molecule has 0 bridgehead atoms. The summed E-state index contributed by atoms with van der Waals surface area (Å²) in [5.41, 5.74) is 5.37. The highest BCUT2D eigenvalue weighted by atomic mass is 16.4. The van der Waals surface area contributed by atoms with Crippen molar-refractivity contribution in [2.24, 2.45) is 17.6 Å². The van der Waals surface area contributed by atoms with Crippen LogP contribution in [0.25, 0.3) is 0 Å². The molecule has 0 aliphatic heterocycles. The molecule has 0 aromatic rings. The highest BCUT2D eigenvalue weighted by Crippen LogP contribution is 2.12. The van der Waals surface area contributed by atoms with Gasteiger partial charge >= 0.3 is 5.97 Å². The Morgan fingerprint density at radius 3 is 2.45 bits per heavy atom. The lowest BCUT2D eigenvalue weighted by molar-refractivity contribution is -0.137. The molecule has 1 radical (unpaired) electrons. The molecule has 65 valence electrons. The van der Waals surface area contributed by atoms with Crippen molar-refractivity contribution in [2.45, 2.75) is 20.3 Å². The van der Waals surface area contributed by atoms with Crippen LogP contribution in [-0.2, 0) is 4.79 Å². The number of carboxylic acids is 1. The Kier molecular flexibility index (Phi) is 4.86. The van der Waals surface area contributed by atoms with Crippen molar-refractivity contribution in [3.63, 3.8) is 0 Å². The molecule has 3 heteroatoms. The molecule has 2 atom stereocenters. The molecule has 0 aromatic heterocycles. The number of hydrogen-bond acceptors (Lipinski definition) is 2. The van der Waals surface area contributed by atoms with Crippen molar-refractivity contribution < 1.29 is 9.90 Å². The molecule has 0 heterocycles. The predicted molar refractivity (Wildman–Crippen MR) is 43.9 cm³/mol. The van der Waals surface area contributed by atoms with Crippen LogP contribution in [-0.4, -0.2) is 17.6 Å². The molecule has 0 rings (SSSR count). The summed E-state index contributed by atoms with van der Waals surface area (Å²) in [5.74, 6) is -0.326. The van der Waals surface area contributed by atoms with Crippen LogP contribution in [0.1, 0.15) is 20.3 Å². The van der Waals surface area contributed by atoms with E-state index in [1.165, 1.54) is 0 Å². The van der Waals surface area contributed by atoms with E-state index in [4.69, 9.17) is 10.8 Å². The average molecular weight is 158 g/mol. The lowest BCUT2D eigenvalue weighted by Crippen LogP contribution is -2.16. The van der Waals surface area contributed by atoms with Crippen LogP contribution in [0, 0.1) is 18.3 Å². The molecule has 0 amide bonds. The van der Waals surface area contributed by atoms with Gasteiger partial charge in [0.1, 0.15) is 0 Å². The summed E-state index contributed by atoms with van der Waals surface area (Å²) >= 11 is 0. The van der Waals surface area contributed by atoms with Crippen molar-refractivity contribution in [1.82, 2.24) is 0 Å². The Bertz CT molecular complexity index is 125. The molecule has 0 aliphatic carbocycles. The summed E-state index contributed by atoms with van der Waals surface area (Å²) in [5, 5.41) is 8.42. The van der Waals surface area contributed by atoms with Gasteiger partial charge in [0.05, 0.1) is 0 Å². The third-order valence-electron chi connectivity index (χ3n) is 1.53. The van der Waals surface area contributed by atoms with Gasteiger partial charge in [-0.3, -0.25) is 4.79 Å². The number of aliphatic carboxylic acids is 1. The fourth-order valence-electron chi connectivity index (χ4n) is 0.983. The van der Waals surface area contributed by atoms with Crippen LogP contribution < -0.4 is 5.73 Å². The third-order valence-corrected chi connectivity index (χ3v) is 1.53. The highest BCUT2D eigenvalue weighted by molar-refractivity contribution is 5.67. The van der Waals surface area contributed by atoms with Crippen molar-refractivity contribution in [3.8, 4) is 0 Å². The molecule has 2 unspecified atom stereocenters. The summed E-state index contributed by atoms with van der Waals surface area (Å²) in [6, 6.07) is 0. The van der Waals surface area contributed by atoms with Gasteiger partial charge in [0, 0.05) is 6.42 Å². The normalized spacial score (nSPS) is 15.9. The van der Waals surface area contributed by atoms with Crippen LogP contribution in [0.15, 0.2) is 0 Å². The van der Waals surface area contributed by atoms with Crippen LogP contribution in [0.3, 0.4) is 0 Å². The molecule has 0 saturated carbocycles. The summed E-state index contributed by atoms with van der Waals surface area (Å²) < 4.78 is 0. The van der Waals surface area contributed by atoms with Gasteiger partial charge in [-0.25, -0.2) is 0 Å². The summed E-state index contributed by atoms with van der Waals surface area (Å²) in [6.07, 6.45) is 2.18. The van der Waals surface area contributed by atoms with E-state index in [9.17, 15) is 4.79 Å². The second-order valence-electron chi connectivity index (χ2n) is 2.98. The van der Waals surface area contributed by atoms with E-state index in [1.54, 1.807) is 0 Å². The Balaban J connectivity index is 3.51. The zero-order valence-electron chi connectivity index (χ0n) is 7.08. The molecule has 11 heavy (non-hydrogen) atoms. The van der Waals surface area contributed by atoms with E-state index in [1.807, 2.05) is 20.3 Å². The van der Waals surface area contributed by atoms with E-state index in [2.05, 4.69) is 0 Å². The SMILES string of the molecule is CC([CH]C(C)CC(=O)O)CN. The van der Waals surface area contributed by atoms with Crippen molar-refractivity contribution in [1.29, 1.82) is 0 Å². The third kappa shape index (κ3) is 5.85. The van der Waals surface area contributed by atoms with Crippen LogP contribution in [0.4, 0.5) is 0 Å². The Hall–Kier alpha value is -0.570. The largest absolute Gasteiger partial charge is 0.481 e. The van der Waals surface area contributed by atoms with Crippen molar-refractivity contribution >= 4 is 5.97 Å². The average Bonchev–Trinajstić information content (AvgIpc) is 1.85. The van der Waals surface area contributed by atoms with Crippen LogP contribution >= 0.6 is 0 Å². The second-order valence-corrected chi connectivity index (χ2v) is 2.98. The van der Waals surface area contributed by atoms with Gasteiger partial charge in [0.2, 0.25) is 0 Å². The maximum absolute atomic E-state index is 10.2. The van der Waals surface area contributed by atoms with Gasteiger partial charge in [-0.15, -0.1) is 0 Å². The number of carboxylic acid groups (broad SMARTS) is 1. The van der Waals surface area contributed by atoms with Gasteiger partial charge in [0.15, 0.2) is 0 Å². The maximum Gasteiger partial charge on any atom is 0.303 e. The molecule has 0 saturated heterocycles. The lowest BCUT2D eigenvalue weighted by Gasteiger charge is -2.12. The monoisotopic (exact) mass is 158 g/mol. The quantitative estimate of drug-likeness (QED) is 0.624. The van der Waals surface area contributed by atoms with Gasteiger partial charge < -0.3 is 10.8 Å². The first-order valence-corrected chi connectivity index (χ1v) is 3.83. The van der Waals surface area contributed by atoms with Crippen LogP contribution in [0.5, 0.6) is 0 Å². The summed E-state index contributed by atoms with van der Waals surface area (Å²) in [4.78, 5) is 10.2. The molecule has 0 aliphatic rings. The van der Waals surface area contributed by atoms with Gasteiger partial charge in [-0.1, -0.05) is 13.8 Å². The highest BCUT2D eigenvalue weighted by Gasteiger charge is 2.10. The molecule has 0 spiro atoms. The first-order chi connectivity index (χ1) is 5.06. The van der Waals surface area contributed by atoms with E-state index in [-0.39, 0.29) is 12.3 Å². The van der Waals surface area contributed by atoms with Gasteiger partial charge in [-0.05, 0) is 24.8 Å². The fourth-order valence-corrected chi connectivity index (χ4v) is 0.983. The Morgan fingerprint density at radius 1 is 1.55 bits per heavy atom. The molecule has 0 fully saturated rings. The zero-order chi connectivity index (χ0) is 8.85. The maximum atomic E-state index is 10.2. The number of rotatable bonds is 5. The number of hydrogen-bond donors (Lipinski definition) is 2. The van der Waals surface area contributed by atoms with E-state index < -0.39 is 5.97 Å². The van der Waals surface area contributed by atoms with Crippen LogP contribution in [0.2, 0.25) is 0 Å². The standard InChI is InChI=1S/C8H16NO2/c1-6(4-8(10)11)3-7(2)5-9/h3,6-7H,4-5,9H2,1-2H3,(H,10,11). The lowest BCUT2D eigenvalue weighted by atomic mass is 9.95. The number of carbonyl (C=O) groups is 1. The Morgan fingerprint density at radius 2 is 2.09 bits per heavy atom. The molecule has 3 nitrogen and oxygen atoms in total.